The van der Waals surface area contributed by atoms with Crippen LogP contribution in [0.2, 0.25) is 5.02 Å². The molecule has 112 valence electrons. The molecule has 1 aliphatic rings. The van der Waals surface area contributed by atoms with Crippen LogP contribution in [0.3, 0.4) is 0 Å². The number of Topliss-reactive ketones (excluding diaryl/α,β-unsaturated/α-hetero) is 1. The molecule has 0 saturated heterocycles. The fourth-order valence-corrected chi connectivity index (χ4v) is 3.12. The smallest absolute Gasteiger partial charge is 0.299 e. The van der Waals surface area contributed by atoms with Gasteiger partial charge < -0.3 is 4.90 Å². The normalized spacial score (nSPS) is 13.7. The monoisotopic (exact) mass is 321 g/mol. The zero-order valence-electron chi connectivity index (χ0n) is 12.1. The molecule has 0 atom stereocenters. The van der Waals surface area contributed by atoms with Crippen LogP contribution >= 0.6 is 11.6 Å². The van der Waals surface area contributed by atoms with Crippen LogP contribution in [0.15, 0.2) is 60.7 Å². The molecule has 0 bridgehead atoms. The lowest BCUT2D eigenvalue weighted by atomic mass is 10.1. The summed E-state index contributed by atoms with van der Waals surface area (Å²) < 4.78 is 0. The summed E-state index contributed by atoms with van der Waals surface area (Å²) in [6, 6.07) is 19.1. The Labute approximate surface area is 138 Å². The molecule has 3 aromatic rings. The van der Waals surface area contributed by atoms with E-state index in [0.29, 0.717) is 22.8 Å². The van der Waals surface area contributed by atoms with Gasteiger partial charge in [-0.25, -0.2) is 0 Å². The molecule has 1 amide bonds. The van der Waals surface area contributed by atoms with Crippen LogP contribution in [0.5, 0.6) is 0 Å². The van der Waals surface area contributed by atoms with E-state index in [1.165, 1.54) is 4.90 Å². The highest BCUT2D eigenvalue weighted by Gasteiger charge is 2.35. The van der Waals surface area contributed by atoms with Gasteiger partial charge in [0.15, 0.2) is 0 Å². The van der Waals surface area contributed by atoms with E-state index in [2.05, 4.69) is 0 Å². The SMILES string of the molecule is O=C1C(=O)N(Cc2ccc3ccccc3c2)c2ccc(Cl)cc21. The van der Waals surface area contributed by atoms with Crippen LogP contribution in [0.1, 0.15) is 15.9 Å². The third-order valence-corrected chi connectivity index (χ3v) is 4.32. The number of ketones is 1. The van der Waals surface area contributed by atoms with Crippen molar-refractivity contribution in [1.29, 1.82) is 0 Å². The lowest BCUT2D eigenvalue weighted by molar-refractivity contribution is -0.114. The van der Waals surface area contributed by atoms with Crippen molar-refractivity contribution in [1.82, 2.24) is 0 Å². The molecule has 23 heavy (non-hydrogen) atoms. The molecule has 4 heteroatoms. The van der Waals surface area contributed by atoms with Gasteiger partial charge in [-0.15, -0.1) is 0 Å². The topological polar surface area (TPSA) is 37.4 Å². The summed E-state index contributed by atoms with van der Waals surface area (Å²) in [5.41, 5.74) is 1.98. The van der Waals surface area contributed by atoms with Gasteiger partial charge in [0.1, 0.15) is 0 Å². The van der Waals surface area contributed by atoms with Gasteiger partial charge in [-0.1, -0.05) is 48.0 Å². The third-order valence-electron chi connectivity index (χ3n) is 4.09. The molecule has 0 radical (unpaired) electrons. The Balaban J connectivity index is 1.73. The maximum atomic E-state index is 12.3. The van der Waals surface area contributed by atoms with Gasteiger partial charge in [-0.3, -0.25) is 9.59 Å². The van der Waals surface area contributed by atoms with Gasteiger partial charge in [0.25, 0.3) is 11.7 Å². The molecular weight excluding hydrogens is 310 g/mol. The van der Waals surface area contributed by atoms with E-state index in [1.54, 1.807) is 18.2 Å². The van der Waals surface area contributed by atoms with E-state index in [4.69, 9.17) is 11.6 Å². The van der Waals surface area contributed by atoms with Gasteiger partial charge in [-0.05, 0) is 40.6 Å². The second-order valence-corrected chi connectivity index (χ2v) is 6.00. The molecule has 0 aliphatic carbocycles. The number of anilines is 1. The molecule has 0 spiro atoms. The molecule has 0 unspecified atom stereocenters. The highest BCUT2D eigenvalue weighted by Crippen LogP contribution is 2.32. The molecule has 3 nitrogen and oxygen atoms in total. The maximum absolute atomic E-state index is 12.3. The predicted octanol–water partition coefficient (Wildman–Crippen LogP) is 4.22. The Morgan fingerprint density at radius 1 is 0.870 bits per heavy atom. The third kappa shape index (κ3) is 2.30. The standard InChI is InChI=1S/C19H12ClNO2/c20-15-7-8-17-16(10-15)18(22)19(23)21(17)11-12-5-6-13-3-1-2-4-14(13)9-12/h1-10H,11H2. The minimum absolute atomic E-state index is 0.365. The first-order valence-corrected chi connectivity index (χ1v) is 7.65. The predicted molar refractivity (Wildman–Crippen MR) is 90.9 cm³/mol. The fourth-order valence-electron chi connectivity index (χ4n) is 2.95. The van der Waals surface area contributed by atoms with E-state index in [0.717, 1.165) is 16.3 Å². The summed E-state index contributed by atoms with van der Waals surface area (Å²) in [4.78, 5) is 25.9. The summed E-state index contributed by atoms with van der Waals surface area (Å²) in [7, 11) is 0. The van der Waals surface area contributed by atoms with Gasteiger partial charge in [0.05, 0.1) is 17.8 Å². The lowest BCUT2D eigenvalue weighted by Gasteiger charge is -2.17. The second kappa shape index (κ2) is 5.21. The summed E-state index contributed by atoms with van der Waals surface area (Å²) >= 11 is 5.93. The number of hydrogen-bond acceptors (Lipinski definition) is 2. The molecule has 0 aromatic heterocycles. The second-order valence-electron chi connectivity index (χ2n) is 5.56. The van der Waals surface area contributed by atoms with Crippen LogP contribution < -0.4 is 4.90 Å². The van der Waals surface area contributed by atoms with Gasteiger partial charge in [0.2, 0.25) is 0 Å². The van der Waals surface area contributed by atoms with Crippen molar-refractivity contribution >= 4 is 39.8 Å². The van der Waals surface area contributed by atoms with Crippen LogP contribution in [-0.2, 0) is 11.3 Å². The van der Waals surface area contributed by atoms with Crippen LogP contribution in [-0.4, -0.2) is 11.7 Å². The minimum atomic E-state index is -0.504. The minimum Gasteiger partial charge on any atom is -0.300 e. The average molecular weight is 322 g/mol. The summed E-state index contributed by atoms with van der Waals surface area (Å²) in [6.45, 7) is 0.365. The van der Waals surface area contributed by atoms with Gasteiger partial charge in [-0.2, -0.15) is 0 Å². The summed E-state index contributed by atoms with van der Waals surface area (Å²) in [5.74, 6) is -1.00. The zero-order chi connectivity index (χ0) is 16.0. The number of amides is 1. The molecule has 0 fully saturated rings. The van der Waals surface area contributed by atoms with Gasteiger partial charge >= 0.3 is 0 Å². The average Bonchev–Trinajstić information content (AvgIpc) is 2.79. The van der Waals surface area contributed by atoms with Crippen molar-refractivity contribution in [2.45, 2.75) is 6.54 Å². The fraction of sp³-hybridized carbons (Fsp3) is 0.0526. The number of benzene rings is 3. The van der Waals surface area contributed by atoms with Crippen molar-refractivity contribution < 1.29 is 9.59 Å². The zero-order valence-corrected chi connectivity index (χ0v) is 12.9. The molecule has 3 aromatic carbocycles. The van der Waals surface area contributed by atoms with E-state index < -0.39 is 11.7 Å². The van der Waals surface area contributed by atoms with E-state index >= 15 is 0 Å². The highest BCUT2D eigenvalue weighted by atomic mass is 35.5. The number of rotatable bonds is 2. The highest BCUT2D eigenvalue weighted by molar-refractivity contribution is 6.52. The van der Waals surface area contributed by atoms with Crippen molar-refractivity contribution in [2.24, 2.45) is 0 Å². The Bertz CT molecular complexity index is 964. The van der Waals surface area contributed by atoms with Gasteiger partial charge in [0, 0.05) is 5.02 Å². The Morgan fingerprint density at radius 3 is 2.48 bits per heavy atom. The number of halogens is 1. The number of fused-ring (bicyclic) bond motifs is 2. The first-order chi connectivity index (χ1) is 11.1. The molecule has 1 aliphatic heterocycles. The Kier molecular flexibility index (Phi) is 3.17. The Hall–Kier alpha value is -2.65. The number of nitrogens with zero attached hydrogens (tertiary/aromatic N) is 1. The molecule has 1 heterocycles. The van der Waals surface area contributed by atoms with Crippen molar-refractivity contribution in [3.8, 4) is 0 Å². The van der Waals surface area contributed by atoms with E-state index in [1.807, 2.05) is 42.5 Å². The lowest BCUT2D eigenvalue weighted by Crippen LogP contribution is -2.29. The molecular formula is C19H12ClNO2. The van der Waals surface area contributed by atoms with Crippen LogP contribution in [0.25, 0.3) is 10.8 Å². The van der Waals surface area contributed by atoms with Crippen molar-refractivity contribution in [3.63, 3.8) is 0 Å². The summed E-state index contributed by atoms with van der Waals surface area (Å²) in [5, 5.41) is 2.71. The van der Waals surface area contributed by atoms with E-state index in [9.17, 15) is 9.59 Å². The Morgan fingerprint density at radius 2 is 1.65 bits per heavy atom. The first-order valence-electron chi connectivity index (χ1n) is 7.27. The number of hydrogen-bond donors (Lipinski definition) is 0. The molecule has 0 saturated carbocycles. The molecule has 4 rings (SSSR count). The number of carbonyl (C=O) groups is 2. The largest absolute Gasteiger partial charge is 0.300 e. The van der Waals surface area contributed by atoms with E-state index in [-0.39, 0.29) is 0 Å². The van der Waals surface area contributed by atoms with Crippen LogP contribution in [0.4, 0.5) is 5.69 Å². The summed E-state index contributed by atoms with van der Waals surface area (Å²) in [6.07, 6.45) is 0. The first kappa shape index (κ1) is 14.0. The van der Waals surface area contributed by atoms with Crippen LogP contribution in [0, 0.1) is 0 Å². The number of carbonyl (C=O) groups excluding carboxylic acids is 2. The molecule has 0 N–H and O–H groups in total. The maximum Gasteiger partial charge on any atom is 0.299 e. The van der Waals surface area contributed by atoms with Crippen molar-refractivity contribution in [2.75, 3.05) is 4.90 Å². The quantitative estimate of drug-likeness (QED) is 0.663. The van der Waals surface area contributed by atoms with Crippen molar-refractivity contribution in [3.05, 3.63) is 76.8 Å².